The molecule has 86 valence electrons. The number of aliphatic hydroxyl groups is 1. The van der Waals surface area contributed by atoms with Crippen molar-refractivity contribution in [2.24, 2.45) is 5.41 Å². The summed E-state index contributed by atoms with van der Waals surface area (Å²) in [6.07, 6.45) is 1.08. The van der Waals surface area contributed by atoms with Gasteiger partial charge in [0.1, 0.15) is 0 Å². The summed E-state index contributed by atoms with van der Waals surface area (Å²) in [5.41, 5.74) is -0.0265. The molecule has 14 heavy (non-hydrogen) atoms. The first-order valence-corrected chi connectivity index (χ1v) is 5.13. The molecule has 0 saturated heterocycles. The van der Waals surface area contributed by atoms with Gasteiger partial charge in [-0.1, -0.05) is 20.8 Å². The van der Waals surface area contributed by atoms with Gasteiger partial charge in [0.2, 0.25) is 0 Å². The molecule has 2 atom stereocenters. The molecule has 0 aliphatic carbocycles. The smallest absolute Gasteiger partial charge is 0.0878 e. The maximum Gasteiger partial charge on any atom is 0.0878 e. The Morgan fingerprint density at radius 1 is 1.21 bits per heavy atom. The lowest BCUT2D eigenvalue weighted by Crippen LogP contribution is -2.39. The maximum absolute atomic E-state index is 9.89. The van der Waals surface area contributed by atoms with Gasteiger partial charge < -0.3 is 14.6 Å². The zero-order valence-corrected chi connectivity index (χ0v) is 10.0. The predicted molar refractivity (Wildman–Crippen MR) is 57.4 cm³/mol. The van der Waals surface area contributed by atoms with Gasteiger partial charge in [-0.25, -0.2) is 0 Å². The molecule has 0 rings (SSSR count). The Labute approximate surface area is 87.4 Å². The fraction of sp³-hybridized carbons (Fsp3) is 1.00. The van der Waals surface area contributed by atoms with Crippen molar-refractivity contribution in [1.82, 2.24) is 0 Å². The highest BCUT2D eigenvalue weighted by Crippen LogP contribution is 2.26. The van der Waals surface area contributed by atoms with Crippen LogP contribution in [0.3, 0.4) is 0 Å². The lowest BCUT2D eigenvalue weighted by molar-refractivity contribution is -0.0749. The van der Waals surface area contributed by atoms with Crippen molar-refractivity contribution in [2.45, 2.75) is 45.8 Å². The summed E-state index contributed by atoms with van der Waals surface area (Å²) in [6.45, 7) is 6.90. The molecule has 0 aliphatic rings. The number of hydrogen-bond acceptors (Lipinski definition) is 3. The minimum absolute atomic E-state index is 0.0265. The molecule has 0 amide bonds. The maximum atomic E-state index is 9.89. The molecule has 0 saturated carbocycles. The highest BCUT2D eigenvalue weighted by molar-refractivity contribution is 4.80. The third kappa shape index (κ3) is 4.94. The zero-order chi connectivity index (χ0) is 11.2. The standard InChI is InChI=1S/C11H24O3/c1-11(2,3)10(14-5)9(12)7-6-8-13-4/h9-10,12H,6-8H2,1-5H3. The summed E-state index contributed by atoms with van der Waals surface area (Å²) in [6, 6.07) is 0. The number of hydrogen-bond donors (Lipinski definition) is 1. The van der Waals surface area contributed by atoms with Crippen molar-refractivity contribution < 1.29 is 14.6 Å². The van der Waals surface area contributed by atoms with Gasteiger partial charge in [-0.15, -0.1) is 0 Å². The van der Waals surface area contributed by atoms with Gasteiger partial charge in [-0.2, -0.15) is 0 Å². The van der Waals surface area contributed by atoms with Gasteiger partial charge in [0.05, 0.1) is 12.2 Å². The second-order valence-corrected chi connectivity index (χ2v) is 4.72. The zero-order valence-electron chi connectivity index (χ0n) is 10.0. The van der Waals surface area contributed by atoms with Crippen molar-refractivity contribution in [3.05, 3.63) is 0 Å². The van der Waals surface area contributed by atoms with Crippen LogP contribution in [0.4, 0.5) is 0 Å². The average Bonchev–Trinajstić information content (AvgIpc) is 2.03. The molecule has 0 spiro atoms. The van der Waals surface area contributed by atoms with Gasteiger partial charge in [0.15, 0.2) is 0 Å². The Morgan fingerprint density at radius 3 is 2.14 bits per heavy atom. The summed E-state index contributed by atoms with van der Waals surface area (Å²) in [5.74, 6) is 0. The monoisotopic (exact) mass is 204 g/mol. The minimum Gasteiger partial charge on any atom is -0.390 e. The molecule has 0 fully saturated rings. The third-order valence-electron chi connectivity index (χ3n) is 2.31. The fourth-order valence-electron chi connectivity index (χ4n) is 1.68. The minimum atomic E-state index is -0.407. The van der Waals surface area contributed by atoms with Crippen LogP contribution in [0.15, 0.2) is 0 Å². The van der Waals surface area contributed by atoms with Crippen LogP contribution in [0.1, 0.15) is 33.6 Å². The molecule has 0 radical (unpaired) electrons. The Kier molecular flexibility index (Phi) is 6.33. The second kappa shape index (κ2) is 6.38. The first-order valence-electron chi connectivity index (χ1n) is 5.13. The molecule has 3 heteroatoms. The van der Waals surface area contributed by atoms with E-state index in [2.05, 4.69) is 20.8 Å². The second-order valence-electron chi connectivity index (χ2n) is 4.72. The number of aliphatic hydroxyl groups excluding tert-OH is 1. The molecule has 0 aliphatic heterocycles. The first-order chi connectivity index (χ1) is 6.43. The van der Waals surface area contributed by atoms with E-state index in [0.29, 0.717) is 6.61 Å². The Bertz CT molecular complexity index is 140. The molecule has 0 heterocycles. The normalized spacial score (nSPS) is 16.7. The van der Waals surface area contributed by atoms with E-state index in [0.717, 1.165) is 12.8 Å². The quantitative estimate of drug-likeness (QED) is 0.671. The summed E-state index contributed by atoms with van der Waals surface area (Å²) in [4.78, 5) is 0. The molecule has 2 unspecified atom stereocenters. The van der Waals surface area contributed by atoms with Gasteiger partial charge in [0.25, 0.3) is 0 Å². The van der Waals surface area contributed by atoms with E-state index >= 15 is 0 Å². The molecule has 0 aromatic rings. The first kappa shape index (κ1) is 13.9. The van der Waals surface area contributed by atoms with Crippen LogP contribution in [0.2, 0.25) is 0 Å². The van der Waals surface area contributed by atoms with E-state index < -0.39 is 6.10 Å². The molecule has 0 bridgehead atoms. The molecule has 1 N–H and O–H groups in total. The highest BCUT2D eigenvalue weighted by Gasteiger charge is 2.30. The van der Waals surface area contributed by atoms with Gasteiger partial charge >= 0.3 is 0 Å². The largest absolute Gasteiger partial charge is 0.390 e. The van der Waals surface area contributed by atoms with Gasteiger partial charge in [-0.3, -0.25) is 0 Å². The molecular formula is C11H24O3. The highest BCUT2D eigenvalue weighted by atomic mass is 16.5. The Hall–Kier alpha value is -0.120. The molecular weight excluding hydrogens is 180 g/mol. The summed E-state index contributed by atoms with van der Waals surface area (Å²) >= 11 is 0. The van der Waals surface area contributed by atoms with Gasteiger partial charge in [-0.05, 0) is 18.3 Å². The van der Waals surface area contributed by atoms with Crippen LogP contribution in [-0.4, -0.2) is 38.1 Å². The predicted octanol–water partition coefficient (Wildman–Crippen LogP) is 1.83. The van der Waals surface area contributed by atoms with Crippen LogP contribution < -0.4 is 0 Å². The lowest BCUT2D eigenvalue weighted by Gasteiger charge is -2.33. The summed E-state index contributed by atoms with van der Waals surface area (Å²) < 4.78 is 10.3. The van der Waals surface area contributed by atoms with E-state index in [1.807, 2.05) is 0 Å². The van der Waals surface area contributed by atoms with Crippen molar-refractivity contribution in [2.75, 3.05) is 20.8 Å². The lowest BCUT2D eigenvalue weighted by atomic mass is 9.84. The fourth-order valence-corrected chi connectivity index (χ4v) is 1.68. The van der Waals surface area contributed by atoms with Crippen LogP contribution in [0, 0.1) is 5.41 Å². The van der Waals surface area contributed by atoms with Crippen LogP contribution in [-0.2, 0) is 9.47 Å². The van der Waals surface area contributed by atoms with Crippen molar-refractivity contribution in [3.8, 4) is 0 Å². The van der Waals surface area contributed by atoms with E-state index in [-0.39, 0.29) is 11.5 Å². The average molecular weight is 204 g/mol. The van der Waals surface area contributed by atoms with E-state index in [1.54, 1.807) is 14.2 Å². The van der Waals surface area contributed by atoms with Crippen LogP contribution >= 0.6 is 0 Å². The molecule has 0 aromatic carbocycles. The Balaban J connectivity index is 3.98. The summed E-state index contributed by atoms with van der Waals surface area (Å²) in [7, 11) is 3.32. The van der Waals surface area contributed by atoms with Crippen molar-refractivity contribution in [3.63, 3.8) is 0 Å². The van der Waals surface area contributed by atoms with E-state index in [4.69, 9.17) is 9.47 Å². The van der Waals surface area contributed by atoms with E-state index in [1.165, 1.54) is 0 Å². The van der Waals surface area contributed by atoms with Crippen LogP contribution in [0.5, 0.6) is 0 Å². The van der Waals surface area contributed by atoms with Crippen LogP contribution in [0.25, 0.3) is 0 Å². The Morgan fingerprint density at radius 2 is 1.79 bits per heavy atom. The SMILES string of the molecule is COCCCC(O)C(OC)C(C)(C)C. The molecule has 3 nitrogen and oxygen atoms in total. The van der Waals surface area contributed by atoms with Crippen molar-refractivity contribution in [1.29, 1.82) is 0 Å². The van der Waals surface area contributed by atoms with Gasteiger partial charge in [0, 0.05) is 20.8 Å². The number of methoxy groups -OCH3 is 2. The number of rotatable bonds is 6. The number of ether oxygens (including phenoxy) is 2. The summed E-state index contributed by atoms with van der Waals surface area (Å²) in [5, 5.41) is 9.89. The third-order valence-corrected chi connectivity index (χ3v) is 2.31. The topological polar surface area (TPSA) is 38.7 Å². The van der Waals surface area contributed by atoms with E-state index in [9.17, 15) is 5.11 Å². The van der Waals surface area contributed by atoms with Crippen molar-refractivity contribution >= 4 is 0 Å². The molecule has 0 aromatic heterocycles.